The summed E-state index contributed by atoms with van der Waals surface area (Å²) < 4.78 is 43.1. The molecule has 0 aliphatic carbocycles. The summed E-state index contributed by atoms with van der Waals surface area (Å²) >= 11 is 1.86. The molecule has 1 aromatic carbocycles. The van der Waals surface area contributed by atoms with Crippen molar-refractivity contribution in [2.24, 2.45) is 0 Å². The smallest absolute Gasteiger partial charge is 0.246 e. The van der Waals surface area contributed by atoms with Gasteiger partial charge in [0.2, 0.25) is 10.0 Å². The predicted octanol–water partition coefficient (Wildman–Crippen LogP) is 1.19. The van der Waals surface area contributed by atoms with Gasteiger partial charge in [-0.15, -0.1) is 0 Å². The fourth-order valence-electron chi connectivity index (χ4n) is 3.45. The first-order valence-corrected chi connectivity index (χ1v) is 11.0. The second-order valence-electron chi connectivity index (χ2n) is 6.63. The number of ether oxygens (including phenoxy) is 3. The molecule has 0 bridgehead atoms. The molecule has 0 saturated carbocycles. The van der Waals surface area contributed by atoms with Gasteiger partial charge in [0.15, 0.2) is 0 Å². The Morgan fingerprint density at radius 1 is 1.27 bits per heavy atom. The van der Waals surface area contributed by atoms with Crippen LogP contribution in [0.4, 0.5) is 0 Å². The fraction of sp³-hybridized carbons (Fsp3) is 0.647. The van der Waals surface area contributed by atoms with Gasteiger partial charge in [0, 0.05) is 49.4 Å². The zero-order valence-corrected chi connectivity index (χ0v) is 17.0. The molecule has 0 radical (unpaired) electrons. The minimum Gasteiger partial charge on any atom is -0.497 e. The highest BCUT2D eigenvalue weighted by atomic mass is 32.2. The van der Waals surface area contributed by atoms with Crippen LogP contribution in [0.1, 0.15) is 6.42 Å². The zero-order chi connectivity index (χ0) is 18.8. The Bertz CT molecular complexity index is 735. The third-order valence-corrected chi connectivity index (χ3v) is 8.29. The molecule has 1 N–H and O–H groups in total. The molecule has 1 spiro atoms. The summed E-state index contributed by atoms with van der Waals surface area (Å²) in [6.45, 7) is 2.57. The SMILES string of the molecule is COCCNC1CSC2(C1)CN(S(=O)(=O)c1cc(OC)ccc1OC)C2. The van der Waals surface area contributed by atoms with Gasteiger partial charge in [0.25, 0.3) is 0 Å². The number of methoxy groups -OCH3 is 3. The van der Waals surface area contributed by atoms with Crippen molar-refractivity contribution in [1.82, 2.24) is 9.62 Å². The molecule has 9 heteroatoms. The second-order valence-corrected chi connectivity index (χ2v) is 10.0. The van der Waals surface area contributed by atoms with Gasteiger partial charge in [-0.25, -0.2) is 8.42 Å². The summed E-state index contributed by atoms with van der Waals surface area (Å²) in [5, 5.41) is 3.47. The first kappa shape index (κ1) is 19.8. The van der Waals surface area contributed by atoms with E-state index in [2.05, 4.69) is 5.32 Å². The maximum Gasteiger partial charge on any atom is 0.246 e. The van der Waals surface area contributed by atoms with E-state index in [4.69, 9.17) is 14.2 Å². The molecule has 1 unspecified atom stereocenters. The number of sulfonamides is 1. The number of nitrogens with zero attached hydrogens (tertiary/aromatic N) is 1. The average Bonchev–Trinajstić information content (AvgIpc) is 3.05. The van der Waals surface area contributed by atoms with Crippen LogP contribution in [0.15, 0.2) is 23.1 Å². The quantitative estimate of drug-likeness (QED) is 0.655. The minimum atomic E-state index is -3.60. The Morgan fingerprint density at radius 3 is 2.69 bits per heavy atom. The highest BCUT2D eigenvalue weighted by Gasteiger charge is 2.53. The van der Waals surface area contributed by atoms with Crippen molar-refractivity contribution >= 4 is 21.8 Å². The van der Waals surface area contributed by atoms with E-state index in [0.29, 0.717) is 37.2 Å². The maximum atomic E-state index is 13.0. The highest BCUT2D eigenvalue weighted by molar-refractivity contribution is 8.01. The first-order valence-electron chi connectivity index (χ1n) is 8.52. The first-order chi connectivity index (χ1) is 12.4. The van der Waals surface area contributed by atoms with Crippen LogP contribution in [0.5, 0.6) is 11.5 Å². The van der Waals surface area contributed by atoms with Gasteiger partial charge in [-0.3, -0.25) is 0 Å². The number of rotatable bonds is 8. The van der Waals surface area contributed by atoms with Crippen LogP contribution < -0.4 is 14.8 Å². The molecule has 2 aliphatic heterocycles. The monoisotopic (exact) mass is 402 g/mol. The van der Waals surface area contributed by atoms with Gasteiger partial charge >= 0.3 is 0 Å². The molecule has 1 atom stereocenters. The molecule has 146 valence electrons. The molecular formula is C17H26N2O5S2. The van der Waals surface area contributed by atoms with E-state index in [9.17, 15) is 8.42 Å². The Labute approximate surface area is 159 Å². The zero-order valence-electron chi connectivity index (χ0n) is 15.4. The van der Waals surface area contributed by atoms with Gasteiger partial charge in [-0.05, 0) is 18.6 Å². The molecule has 0 amide bonds. The van der Waals surface area contributed by atoms with Gasteiger partial charge < -0.3 is 19.5 Å². The molecule has 3 rings (SSSR count). The Morgan fingerprint density at radius 2 is 2.04 bits per heavy atom. The van der Waals surface area contributed by atoms with Crippen molar-refractivity contribution in [3.05, 3.63) is 18.2 Å². The maximum absolute atomic E-state index is 13.0. The third kappa shape index (κ3) is 3.82. The lowest BCUT2D eigenvalue weighted by molar-refractivity contribution is 0.189. The van der Waals surface area contributed by atoms with E-state index < -0.39 is 10.0 Å². The van der Waals surface area contributed by atoms with Crippen LogP contribution in [-0.4, -0.2) is 76.8 Å². The molecule has 0 aromatic heterocycles. The van der Waals surface area contributed by atoms with Gasteiger partial charge in [-0.2, -0.15) is 16.1 Å². The molecular weight excluding hydrogens is 376 g/mol. The molecule has 2 heterocycles. The van der Waals surface area contributed by atoms with Crippen LogP contribution in [0.2, 0.25) is 0 Å². The van der Waals surface area contributed by atoms with Crippen molar-refractivity contribution in [2.45, 2.75) is 22.1 Å². The summed E-state index contributed by atoms with van der Waals surface area (Å²) in [6.07, 6.45) is 0.975. The lowest BCUT2D eigenvalue weighted by Gasteiger charge is -2.46. The number of thioether (sulfide) groups is 1. The number of hydrogen-bond acceptors (Lipinski definition) is 7. The van der Waals surface area contributed by atoms with E-state index in [1.807, 2.05) is 11.8 Å². The Balaban J connectivity index is 1.67. The van der Waals surface area contributed by atoms with Crippen molar-refractivity contribution in [3.8, 4) is 11.5 Å². The van der Waals surface area contributed by atoms with Crippen LogP contribution in [0, 0.1) is 0 Å². The number of hydrogen-bond donors (Lipinski definition) is 1. The van der Waals surface area contributed by atoms with Crippen LogP contribution in [-0.2, 0) is 14.8 Å². The normalized spacial score (nSPS) is 22.3. The largest absolute Gasteiger partial charge is 0.497 e. The standard InChI is InChI=1S/C17H26N2O5S2/c1-22-7-6-18-13-9-17(25-10-13)11-19(12-17)26(20,21)16-8-14(23-2)4-5-15(16)24-3/h4-5,8,13,18H,6-7,9-12H2,1-3H3. The molecule has 2 aliphatic rings. The lowest BCUT2D eigenvalue weighted by atomic mass is 9.94. The van der Waals surface area contributed by atoms with Crippen LogP contribution in [0.25, 0.3) is 0 Å². The van der Waals surface area contributed by atoms with E-state index in [-0.39, 0.29) is 9.64 Å². The number of nitrogens with one attached hydrogen (secondary N) is 1. The van der Waals surface area contributed by atoms with E-state index in [1.54, 1.807) is 19.2 Å². The van der Waals surface area contributed by atoms with E-state index in [1.165, 1.54) is 24.6 Å². The fourth-order valence-corrected chi connectivity index (χ4v) is 7.00. The number of benzene rings is 1. The summed E-state index contributed by atoms with van der Waals surface area (Å²) in [4.78, 5) is 0.159. The van der Waals surface area contributed by atoms with Gasteiger partial charge in [-0.1, -0.05) is 0 Å². The van der Waals surface area contributed by atoms with Crippen molar-refractivity contribution in [2.75, 3.05) is 53.3 Å². The summed E-state index contributed by atoms with van der Waals surface area (Å²) in [5.74, 6) is 1.84. The van der Waals surface area contributed by atoms with E-state index in [0.717, 1.165) is 18.7 Å². The lowest BCUT2D eigenvalue weighted by Crippen LogP contribution is -2.60. The highest BCUT2D eigenvalue weighted by Crippen LogP contribution is 2.47. The summed E-state index contributed by atoms with van der Waals surface area (Å²) in [5.41, 5.74) is 0. The Hall–Kier alpha value is -1.00. The van der Waals surface area contributed by atoms with Gasteiger partial charge in [0.05, 0.1) is 20.8 Å². The third-order valence-electron chi connectivity index (χ3n) is 4.87. The molecule has 7 nitrogen and oxygen atoms in total. The molecule has 1 aromatic rings. The van der Waals surface area contributed by atoms with Crippen molar-refractivity contribution < 1.29 is 22.6 Å². The van der Waals surface area contributed by atoms with E-state index >= 15 is 0 Å². The average molecular weight is 403 g/mol. The van der Waals surface area contributed by atoms with Crippen molar-refractivity contribution in [1.29, 1.82) is 0 Å². The summed E-state index contributed by atoms with van der Waals surface area (Å²) in [6, 6.07) is 5.25. The van der Waals surface area contributed by atoms with Crippen molar-refractivity contribution in [3.63, 3.8) is 0 Å². The molecule has 2 saturated heterocycles. The molecule has 26 heavy (non-hydrogen) atoms. The summed E-state index contributed by atoms with van der Waals surface area (Å²) in [7, 11) is 1.07. The predicted molar refractivity (Wildman–Crippen MR) is 102 cm³/mol. The second kappa shape index (κ2) is 7.93. The van der Waals surface area contributed by atoms with Crippen LogP contribution >= 0.6 is 11.8 Å². The minimum absolute atomic E-state index is 0.0178. The van der Waals surface area contributed by atoms with Crippen LogP contribution in [0.3, 0.4) is 0 Å². The topological polar surface area (TPSA) is 77.1 Å². The molecule has 2 fully saturated rings. The van der Waals surface area contributed by atoms with Gasteiger partial charge in [0.1, 0.15) is 16.4 Å². The Kier molecular flexibility index (Phi) is 6.03.